The standard InChI is InChI=1S/C13H15NS/c1-3-7-13(2)8-5-4-6-11(13)12-14-9-10-15-12/h3-6,8-11H,1,7H2,2H3. The number of allylic oxidation sites excluding steroid dienone is 5. The number of thiazole rings is 1. The van der Waals surface area contributed by atoms with Crippen molar-refractivity contribution in [3.8, 4) is 0 Å². The lowest BCUT2D eigenvalue weighted by Crippen LogP contribution is -2.23. The molecule has 0 saturated heterocycles. The van der Waals surface area contributed by atoms with Crippen LogP contribution >= 0.6 is 11.3 Å². The Morgan fingerprint density at radius 3 is 3.13 bits per heavy atom. The second-order valence-electron chi connectivity index (χ2n) is 4.09. The van der Waals surface area contributed by atoms with Crippen molar-refractivity contribution in [3.63, 3.8) is 0 Å². The van der Waals surface area contributed by atoms with Crippen LogP contribution in [0.5, 0.6) is 0 Å². The Balaban J connectivity index is 2.33. The smallest absolute Gasteiger partial charge is 0.100 e. The third kappa shape index (κ3) is 1.95. The third-order valence-corrected chi connectivity index (χ3v) is 3.76. The molecule has 15 heavy (non-hydrogen) atoms. The first kappa shape index (κ1) is 10.4. The predicted molar refractivity (Wildman–Crippen MR) is 66.1 cm³/mol. The first-order valence-corrected chi connectivity index (χ1v) is 6.00. The molecule has 2 rings (SSSR count). The van der Waals surface area contributed by atoms with Crippen LogP contribution in [0, 0.1) is 5.41 Å². The summed E-state index contributed by atoms with van der Waals surface area (Å²) < 4.78 is 0. The van der Waals surface area contributed by atoms with E-state index in [2.05, 4.69) is 42.8 Å². The zero-order valence-corrected chi connectivity index (χ0v) is 9.70. The maximum Gasteiger partial charge on any atom is 0.100 e. The fraction of sp³-hybridized carbons (Fsp3) is 0.308. The van der Waals surface area contributed by atoms with Gasteiger partial charge in [-0.25, -0.2) is 4.98 Å². The molecule has 1 aromatic heterocycles. The van der Waals surface area contributed by atoms with Crippen molar-refractivity contribution < 1.29 is 0 Å². The van der Waals surface area contributed by atoms with Gasteiger partial charge < -0.3 is 0 Å². The Morgan fingerprint density at radius 2 is 2.47 bits per heavy atom. The Hall–Kier alpha value is -1.15. The van der Waals surface area contributed by atoms with Gasteiger partial charge in [0.2, 0.25) is 0 Å². The predicted octanol–water partition coefficient (Wildman–Crippen LogP) is 3.94. The van der Waals surface area contributed by atoms with Crippen LogP contribution in [-0.4, -0.2) is 4.98 Å². The van der Waals surface area contributed by atoms with E-state index >= 15 is 0 Å². The lowest BCUT2D eigenvalue weighted by Gasteiger charge is -2.33. The number of rotatable bonds is 3. The van der Waals surface area contributed by atoms with Crippen molar-refractivity contribution in [2.24, 2.45) is 5.41 Å². The van der Waals surface area contributed by atoms with Crippen molar-refractivity contribution >= 4 is 11.3 Å². The molecular weight excluding hydrogens is 202 g/mol. The molecule has 1 nitrogen and oxygen atoms in total. The second-order valence-corrected chi connectivity index (χ2v) is 5.02. The highest BCUT2D eigenvalue weighted by Gasteiger charge is 2.32. The molecule has 0 fully saturated rings. The zero-order valence-electron chi connectivity index (χ0n) is 8.89. The molecular formula is C13H15NS. The van der Waals surface area contributed by atoms with Crippen LogP contribution < -0.4 is 0 Å². The molecule has 0 saturated carbocycles. The van der Waals surface area contributed by atoms with Gasteiger partial charge >= 0.3 is 0 Å². The van der Waals surface area contributed by atoms with Crippen LogP contribution in [-0.2, 0) is 0 Å². The van der Waals surface area contributed by atoms with Crippen LogP contribution in [0.15, 0.2) is 48.5 Å². The molecule has 2 unspecified atom stereocenters. The molecule has 1 aliphatic rings. The van der Waals surface area contributed by atoms with E-state index in [9.17, 15) is 0 Å². The van der Waals surface area contributed by atoms with Gasteiger partial charge in [-0.05, 0) is 6.42 Å². The molecule has 0 N–H and O–H groups in total. The molecule has 0 spiro atoms. The van der Waals surface area contributed by atoms with E-state index in [0.717, 1.165) is 6.42 Å². The summed E-state index contributed by atoms with van der Waals surface area (Å²) in [5, 5.41) is 3.23. The van der Waals surface area contributed by atoms with Gasteiger partial charge in [0.1, 0.15) is 5.01 Å². The monoisotopic (exact) mass is 217 g/mol. The van der Waals surface area contributed by atoms with Crippen molar-refractivity contribution in [1.29, 1.82) is 0 Å². The summed E-state index contributed by atoms with van der Waals surface area (Å²) in [4.78, 5) is 4.42. The van der Waals surface area contributed by atoms with Crippen LogP contribution in [0.25, 0.3) is 0 Å². The highest BCUT2D eigenvalue weighted by Crippen LogP contribution is 2.43. The highest BCUT2D eigenvalue weighted by atomic mass is 32.1. The van der Waals surface area contributed by atoms with E-state index in [0.29, 0.717) is 5.92 Å². The molecule has 1 aliphatic carbocycles. The van der Waals surface area contributed by atoms with Crippen molar-refractivity contribution in [3.05, 3.63) is 53.5 Å². The van der Waals surface area contributed by atoms with E-state index in [1.165, 1.54) is 5.01 Å². The zero-order chi connectivity index (χ0) is 10.7. The summed E-state index contributed by atoms with van der Waals surface area (Å²) in [6, 6.07) is 0. The van der Waals surface area contributed by atoms with Crippen molar-refractivity contribution in [2.45, 2.75) is 19.3 Å². The van der Waals surface area contributed by atoms with Crippen LogP contribution in [0.3, 0.4) is 0 Å². The first-order chi connectivity index (χ1) is 7.26. The molecule has 0 bridgehead atoms. The fourth-order valence-electron chi connectivity index (χ4n) is 2.03. The Bertz CT molecular complexity index is 389. The Morgan fingerprint density at radius 1 is 1.60 bits per heavy atom. The van der Waals surface area contributed by atoms with Gasteiger partial charge in [0, 0.05) is 22.9 Å². The quantitative estimate of drug-likeness (QED) is 0.699. The minimum absolute atomic E-state index is 0.133. The second kappa shape index (κ2) is 4.15. The van der Waals surface area contributed by atoms with Gasteiger partial charge in [-0.1, -0.05) is 37.3 Å². The SMILES string of the molecule is C=CCC1(C)C=CC=CC1c1nccs1. The molecule has 78 valence electrons. The van der Waals surface area contributed by atoms with Crippen LogP contribution in [0.1, 0.15) is 24.3 Å². The van der Waals surface area contributed by atoms with Gasteiger partial charge in [-0.15, -0.1) is 17.9 Å². The molecule has 0 aromatic carbocycles. The van der Waals surface area contributed by atoms with Gasteiger partial charge in [-0.2, -0.15) is 0 Å². The number of hydrogen-bond donors (Lipinski definition) is 0. The van der Waals surface area contributed by atoms with E-state index in [-0.39, 0.29) is 5.41 Å². The summed E-state index contributed by atoms with van der Waals surface area (Å²) in [7, 11) is 0. The molecule has 1 heterocycles. The Kier molecular flexibility index (Phi) is 2.87. The summed E-state index contributed by atoms with van der Waals surface area (Å²) in [6.45, 7) is 6.11. The maximum atomic E-state index is 4.42. The molecule has 2 atom stereocenters. The van der Waals surface area contributed by atoms with Crippen LogP contribution in [0.2, 0.25) is 0 Å². The van der Waals surface area contributed by atoms with Crippen molar-refractivity contribution in [2.75, 3.05) is 0 Å². The number of nitrogens with zero attached hydrogens (tertiary/aromatic N) is 1. The number of aromatic nitrogens is 1. The third-order valence-electron chi connectivity index (χ3n) is 2.90. The van der Waals surface area contributed by atoms with Gasteiger partial charge in [0.25, 0.3) is 0 Å². The van der Waals surface area contributed by atoms with E-state index in [1.807, 2.05) is 17.7 Å². The molecule has 0 radical (unpaired) electrons. The average molecular weight is 217 g/mol. The highest BCUT2D eigenvalue weighted by molar-refractivity contribution is 7.09. The van der Waals surface area contributed by atoms with E-state index < -0.39 is 0 Å². The molecule has 0 aliphatic heterocycles. The molecule has 1 aromatic rings. The van der Waals surface area contributed by atoms with Gasteiger partial charge in [0.15, 0.2) is 0 Å². The minimum Gasteiger partial charge on any atom is -0.249 e. The van der Waals surface area contributed by atoms with E-state index in [1.54, 1.807) is 11.3 Å². The summed E-state index contributed by atoms with van der Waals surface area (Å²) in [6.07, 6.45) is 13.6. The molecule has 0 amide bonds. The normalized spacial score (nSPS) is 29.3. The average Bonchev–Trinajstić information content (AvgIpc) is 2.71. The topological polar surface area (TPSA) is 12.9 Å². The minimum atomic E-state index is 0.133. The Labute approximate surface area is 94.9 Å². The summed E-state index contributed by atoms with van der Waals surface area (Å²) >= 11 is 1.73. The fourth-order valence-corrected chi connectivity index (χ4v) is 2.91. The lowest BCUT2D eigenvalue weighted by atomic mass is 9.72. The summed E-state index contributed by atoms with van der Waals surface area (Å²) in [5.41, 5.74) is 0.133. The maximum absolute atomic E-state index is 4.42. The first-order valence-electron chi connectivity index (χ1n) is 5.12. The number of hydrogen-bond acceptors (Lipinski definition) is 2. The van der Waals surface area contributed by atoms with Crippen molar-refractivity contribution in [1.82, 2.24) is 4.98 Å². The largest absolute Gasteiger partial charge is 0.249 e. The van der Waals surface area contributed by atoms with Gasteiger partial charge in [-0.3, -0.25) is 0 Å². The summed E-state index contributed by atoms with van der Waals surface area (Å²) in [5.74, 6) is 0.389. The van der Waals surface area contributed by atoms with E-state index in [4.69, 9.17) is 0 Å². The molecule has 2 heteroatoms. The van der Waals surface area contributed by atoms with Crippen LogP contribution in [0.4, 0.5) is 0 Å². The van der Waals surface area contributed by atoms with Gasteiger partial charge in [0.05, 0.1) is 0 Å². The lowest BCUT2D eigenvalue weighted by molar-refractivity contribution is 0.381.